The largest absolute Gasteiger partial charge is 0.306 e. The summed E-state index contributed by atoms with van der Waals surface area (Å²) in [7, 11) is 6.52. The van der Waals surface area contributed by atoms with Gasteiger partial charge in [0.1, 0.15) is 0 Å². The van der Waals surface area contributed by atoms with Crippen LogP contribution >= 0.6 is 0 Å². The fourth-order valence-corrected chi connectivity index (χ4v) is 1.78. The van der Waals surface area contributed by atoms with Crippen molar-refractivity contribution < 1.29 is 0 Å². The lowest BCUT2D eigenvalue weighted by atomic mass is 10.4. The molecule has 0 bridgehead atoms. The Kier molecular flexibility index (Phi) is 16.8. The molecule has 0 aromatic carbocycles. The molecule has 2 heterocycles. The van der Waals surface area contributed by atoms with Crippen molar-refractivity contribution in [3.8, 4) is 0 Å². The Bertz CT molecular complexity index is 127. The van der Waals surface area contributed by atoms with Crippen LogP contribution in [-0.2, 0) is 0 Å². The van der Waals surface area contributed by atoms with Gasteiger partial charge in [-0.25, -0.2) is 0 Å². The highest BCUT2D eigenvalue weighted by atomic mass is 15.2. The minimum atomic E-state index is 1.23. The maximum atomic E-state index is 2.36. The van der Waals surface area contributed by atoms with Gasteiger partial charge in [0.15, 0.2) is 0 Å². The van der Waals surface area contributed by atoms with Crippen LogP contribution in [0.15, 0.2) is 0 Å². The van der Waals surface area contributed by atoms with Crippen molar-refractivity contribution in [2.75, 3.05) is 60.4 Å². The van der Waals surface area contributed by atoms with E-state index in [4.69, 9.17) is 0 Å². The second kappa shape index (κ2) is 14.9. The minimum absolute atomic E-state index is 1.23. The van der Waals surface area contributed by atoms with Crippen molar-refractivity contribution in [3.63, 3.8) is 0 Å². The average molecular weight is 259 g/mol. The van der Waals surface area contributed by atoms with Gasteiger partial charge in [0.2, 0.25) is 0 Å². The number of nitrogens with zero attached hydrogens (tertiary/aromatic N) is 3. The molecule has 3 nitrogen and oxygen atoms in total. The molecule has 0 atom stereocenters. The lowest BCUT2D eigenvalue weighted by Gasteiger charge is -2.28. The quantitative estimate of drug-likeness (QED) is 0.662. The van der Waals surface area contributed by atoms with E-state index in [1.165, 1.54) is 52.1 Å². The van der Waals surface area contributed by atoms with Gasteiger partial charge in [0.25, 0.3) is 0 Å². The van der Waals surface area contributed by atoms with Gasteiger partial charge in [-0.05, 0) is 47.1 Å². The number of hydrogen-bond acceptors (Lipinski definition) is 3. The topological polar surface area (TPSA) is 9.72 Å². The van der Waals surface area contributed by atoms with E-state index in [-0.39, 0.29) is 0 Å². The van der Waals surface area contributed by atoms with Crippen LogP contribution in [0.5, 0.6) is 0 Å². The van der Waals surface area contributed by atoms with Crippen molar-refractivity contribution >= 4 is 0 Å². The van der Waals surface area contributed by atoms with Crippen LogP contribution in [0.25, 0.3) is 0 Å². The summed E-state index contributed by atoms with van der Waals surface area (Å²) in [5.41, 5.74) is 0. The summed E-state index contributed by atoms with van der Waals surface area (Å²) in [6, 6.07) is 0. The SMILES string of the molecule is CC.CC.CN1CCCC1.CN1CCN(C)CC1. The molecule has 2 fully saturated rings. The lowest BCUT2D eigenvalue weighted by Crippen LogP contribution is -2.42. The molecular weight excluding hydrogens is 222 g/mol. The third-order valence-corrected chi connectivity index (χ3v) is 3.06. The Morgan fingerprint density at radius 1 is 0.444 bits per heavy atom. The predicted molar refractivity (Wildman–Crippen MR) is 84.4 cm³/mol. The van der Waals surface area contributed by atoms with Crippen LogP contribution in [0.1, 0.15) is 40.5 Å². The lowest BCUT2D eigenvalue weighted by molar-refractivity contribution is 0.181. The van der Waals surface area contributed by atoms with Crippen LogP contribution in [0.2, 0.25) is 0 Å². The van der Waals surface area contributed by atoms with E-state index in [0.717, 1.165) is 0 Å². The predicted octanol–water partition coefficient (Wildman–Crippen LogP) is 2.63. The maximum Gasteiger partial charge on any atom is 0.0107 e. The smallest absolute Gasteiger partial charge is 0.0107 e. The Morgan fingerprint density at radius 2 is 0.667 bits per heavy atom. The molecule has 0 saturated carbocycles. The fourth-order valence-electron chi connectivity index (χ4n) is 1.78. The summed E-state index contributed by atoms with van der Waals surface area (Å²) >= 11 is 0. The summed E-state index contributed by atoms with van der Waals surface area (Å²) in [5, 5.41) is 0. The third kappa shape index (κ3) is 12.3. The van der Waals surface area contributed by atoms with Crippen molar-refractivity contribution in [2.45, 2.75) is 40.5 Å². The molecule has 2 aliphatic heterocycles. The number of rotatable bonds is 0. The molecule has 3 heteroatoms. The van der Waals surface area contributed by atoms with Crippen LogP contribution < -0.4 is 0 Å². The van der Waals surface area contributed by atoms with Crippen LogP contribution in [0.3, 0.4) is 0 Å². The molecule has 0 unspecified atom stereocenters. The molecule has 0 aromatic rings. The van der Waals surface area contributed by atoms with Gasteiger partial charge in [0, 0.05) is 26.2 Å². The summed E-state index contributed by atoms with van der Waals surface area (Å²) < 4.78 is 0. The van der Waals surface area contributed by atoms with Crippen molar-refractivity contribution in [2.24, 2.45) is 0 Å². The van der Waals surface area contributed by atoms with E-state index in [1.54, 1.807) is 0 Å². The number of likely N-dealkylation sites (tertiary alicyclic amines) is 1. The van der Waals surface area contributed by atoms with Crippen molar-refractivity contribution in [1.82, 2.24) is 14.7 Å². The zero-order valence-corrected chi connectivity index (χ0v) is 14.0. The monoisotopic (exact) mass is 259 g/mol. The molecule has 0 N–H and O–H groups in total. The van der Waals surface area contributed by atoms with Crippen LogP contribution in [-0.4, -0.2) is 75.1 Å². The maximum absolute atomic E-state index is 2.36. The third-order valence-electron chi connectivity index (χ3n) is 3.06. The summed E-state index contributed by atoms with van der Waals surface area (Å²) in [4.78, 5) is 7.08. The Hall–Kier alpha value is -0.120. The number of hydrogen-bond donors (Lipinski definition) is 0. The molecular formula is C15H37N3. The first-order valence-electron chi connectivity index (χ1n) is 7.74. The summed E-state index contributed by atoms with van der Waals surface area (Å²) in [6.45, 7) is 15.6. The van der Waals surface area contributed by atoms with Gasteiger partial charge in [-0.15, -0.1) is 0 Å². The molecule has 0 aromatic heterocycles. The van der Waals surface area contributed by atoms with Crippen LogP contribution in [0, 0.1) is 0 Å². The van der Waals surface area contributed by atoms with Crippen molar-refractivity contribution in [1.29, 1.82) is 0 Å². The van der Waals surface area contributed by atoms with Gasteiger partial charge < -0.3 is 14.7 Å². The van der Waals surface area contributed by atoms with E-state index in [1.807, 2.05) is 27.7 Å². The molecule has 0 amide bonds. The van der Waals surface area contributed by atoms with Gasteiger partial charge in [0.05, 0.1) is 0 Å². The van der Waals surface area contributed by atoms with E-state index in [0.29, 0.717) is 0 Å². The summed E-state index contributed by atoms with van der Waals surface area (Å²) in [5.74, 6) is 0. The average Bonchev–Trinajstić information content (AvgIpc) is 2.90. The molecule has 0 spiro atoms. The Morgan fingerprint density at radius 3 is 0.833 bits per heavy atom. The van der Waals surface area contributed by atoms with Gasteiger partial charge in [-0.2, -0.15) is 0 Å². The van der Waals surface area contributed by atoms with Gasteiger partial charge in [-0.3, -0.25) is 0 Å². The minimum Gasteiger partial charge on any atom is -0.306 e. The number of piperazine rings is 1. The highest BCUT2D eigenvalue weighted by Crippen LogP contribution is 2.02. The van der Waals surface area contributed by atoms with E-state index >= 15 is 0 Å². The molecule has 2 rings (SSSR count). The van der Waals surface area contributed by atoms with Crippen molar-refractivity contribution in [3.05, 3.63) is 0 Å². The highest BCUT2D eigenvalue weighted by Gasteiger charge is 2.07. The highest BCUT2D eigenvalue weighted by molar-refractivity contribution is 4.64. The summed E-state index contributed by atoms with van der Waals surface area (Å²) in [6.07, 6.45) is 2.83. The molecule has 112 valence electrons. The Balaban J connectivity index is 0. The van der Waals surface area contributed by atoms with E-state index in [2.05, 4.69) is 35.8 Å². The van der Waals surface area contributed by atoms with E-state index < -0.39 is 0 Å². The standard InChI is InChI=1S/C6H14N2.C5H11N.2C2H6/c1-7-3-5-8(2)6-4-7;1-6-4-2-3-5-6;2*1-2/h3-6H2,1-2H3;2-5H2,1H3;2*1-2H3. The molecule has 0 aliphatic carbocycles. The first-order valence-corrected chi connectivity index (χ1v) is 7.74. The van der Waals surface area contributed by atoms with E-state index in [9.17, 15) is 0 Å². The normalized spacial score (nSPS) is 20.8. The molecule has 18 heavy (non-hydrogen) atoms. The van der Waals surface area contributed by atoms with Crippen LogP contribution in [0.4, 0.5) is 0 Å². The number of likely N-dealkylation sites (N-methyl/N-ethyl adjacent to an activating group) is 2. The molecule has 2 saturated heterocycles. The molecule has 0 radical (unpaired) electrons. The fraction of sp³-hybridized carbons (Fsp3) is 1.00. The second-order valence-electron chi connectivity index (χ2n) is 4.62. The van der Waals surface area contributed by atoms with Gasteiger partial charge in [-0.1, -0.05) is 27.7 Å². The second-order valence-corrected chi connectivity index (χ2v) is 4.62. The molecule has 2 aliphatic rings. The first-order chi connectivity index (χ1) is 8.68. The first kappa shape index (κ1) is 20.2. The Labute approximate surface area is 116 Å². The zero-order valence-electron chi connectivity index (χ0n) is 14.0. The van der Waals surface area contributed by atoms with Gasteiger partial charge >= 0.3 is 0 Å². The zero-order chi connectivity index (χ0) is 14.4.